The maximum absolute atomic E-state index is 12.9. The molecule has 0 aliphatic heterocycles. The van der Waals surface area contributed by atoms with E-state index in [1.54, 1.807) is 6.07 Å². The van der Waals surface area contributed by atoms with Crippen LogP contribution in [0, 0.1) is 0 Å². The van der Waals surface area contributed by atoms with Gasteiger partial charge in [-0.3, -0.25) is 9.59 Å². The van der Waals surface area contributed by atoms with Crippen molar-refractivity contribution in [1.29, 1.82) is 0 Å². The molecule has 0 saturated heterocycles. The summed E-state index contributed by atoms with van der Waals surface area (Å²) >= 11 is 0. The first kappa shape index (κ1) is 27.3. The zero-order valence-electron chi connectivity index (χ0n) is 20.3. The van der Waals surface area contributed by atoms with E-state index in [0.29, 0.717) is 30.5 Å². The smallest absolute Gasteiger partial charge is 0.255 e. The number of carbonyl (C=O) groups is 2. The average molecular weight is 445 g/mol. The number of unbranched alkanes of at least 4 members (excludes halogenated alkanes) is 2. The number of aromatic hydroxyl groups is 2. The van der Waals surface area contributed by atoms with Crippen LogP contribution in [0.2, 0.25) is 0 Å². The summed E-state index contributed by atoms with van der Waals surface area (Å²) in [5.41, 5.74) is 3.65. The van der Waals surface area contributed by atoms with Gasteiger partial charge in [0.2, 0.25) is 5.91 Å². The summed E-state index contributed by atoms with van der Waals surface area (Å²) in [6.45, 7) is 10.2. The number of hydrogen-bond donors (Lipinski definition) is 4. The van der Waals surface area contributed by atoms with Crippen LogP contribution in [-0.2, 0) is 17.6 Å². The third-order valence-corrected chi connectivity index (χ3v) is 5.27. The minimum Gasteiger partial charge on any atom is -0.508 e. The van der Waals surface area contributed by atoms with E-state index in [0.717, 1.165) is 37.7 Å². The SMILES string of the molecule is CCCCCc1cc(O)c(C/C=C(\C)CCC=C(C)C)c(O)c1C(=O)NCCNC(C)=O. The fourth-order valence-corrected chi connectivity index (χ4v) is 3.44. The molecule has 0 unspecified atom stereocenters. The van der Waals surface area contributed by atoms with Crippen LogP contribution in [0.4, 0.5) is 0 Å². The van der Waals surface area contributed by atoms with Crippen LogP contribution in [0.5, 0.6) is 11.5 Å². The lowest BCUT2D eigenvalue weighted by Gasteiger charge is -2.16. The molecule has 0 spiro atoms. The molecule has 6 nitrogen and oxygen atoms in total. The topological polar surface area (TPSA) is 98.7 Å². The Morgan fingerprint density at radius 1 is 1.00 bits per heavy atom. The number of amides is 2. The van der Waals surface area contributed by atoms with Gasteiger partial charge < -0.3 is 20.8 Å². The number of carbonyl (C=O) groups excluding carboxylic acids is 2. The molecule has 0 saturated carbocycles. The standard InChI is InChI=1S/C26H40N2O4/c1-6-7-8-12-21-17-23(30)22(14-13-19(4)11-9-10-18(2)3)25(31)24(21)26(32)28-16-15-27-20(5)29/h10,13,17,30-31H,6-9,11-12,14-16H2,1-5H3,(H,27,29)(H,28,32)/b19-13+. The van der Waals surface area contributed by atoms with Gasteiger partial charge in [-0.05, 0) is 64.5 Å². The van der Waals surface area contributed by atoms with Crippen molar-refractivity contribution < 1.29 is 19.8 Å². The number of allylic oxidation sites excluding steroid dienone is 4. The molecule has 0 aliphatic carbocycles. The highest BCUT2D eigenvalue weighted by molar-refractivity contribution is 5.99. The number of rotatable bonds is 13. The molecule has 32 heavy (non-hydrogen) atoms. The minimum absolute atomic E-state index is 0.0112. The van der Waals surface area contributed by atoms with Gasteiger partial charge in [0.05, 0.1) is 5.56 Å². The Hall–Kier alpha value is -2.76. The lowest BCUT2D eigenvalue weighted by molar-refractivity contribution is -0.118. The molecular weight excluding hydrogens is 404 g/mol. The highest BCUT2D eigenvalue weighted by atomic mass is 16.3. The molecule has 1 aromatic carbocycles. The molecule has 1 rings (SSSR count). The molecule has 0 bridgehead atoms. The second-order valence-electron chi connectivity index (χ2n) is 8.53. The van der Waals surface area contributed by atoms with Gasteiger partial charge >= 0.3 is 0 Å². The van der Waals surface area contributed by atoms with Crippen molar-refractivity contribution in [2.45, 2.75) is 79.6 Å². The normalized spacial score (nSPS) is 11.2. The second kappa shape index (κ2) is 14.3. The Bertz CT molecular complexity index is 837. The van der Waals surface area contributed by atoms with Crippen molar-refractivity contribution in [3.63, 3.8) is 0 Å². The van der Waals surface area contributed by atoms with Gasteiger partial charge in [-0.2, -0.15) is 0 Å². The summed E-state index contributed by atoms with van der Waals surface area (Å²) in [4.78, 5) is 23.9. The van der Waals surface area contributed by atoms with E-state index in [1.807, 2.05) is 13.0 Å². The quantitative estimate of drug-likeness (QED) is 0.256. The van der Waals surface area contributed by atoms with Crippen LogP contribution in [-0.4, -0.2) is 35.1 Å². The molecule has 0 fully saturated rings. The van der Waals surface area contributed by atoms with Gasteiger partial charge in [0.1, 0.15) is 11.5 Å². The van der Waals surface area contributed by atoms with Crippen molar-refractivity contribution in [2.75, 3.05) is 13.1 Å². The lowest BCUT2D eigenvalue weighted by Crippen LogP contribution is -2.34. The fourth-order valence-electron chi connectivity index (χ4n) is 3.44. The van der Waals surface area contributed by atoms with Gasteiger partial charge in [-0.15, -0.1) is 0 Å². The zero-order chi connectivity index (χ0) is 24.1. The van der Waals surface area contributed by atoms with E-state index in [-0.39, 0.29) is 29.5 Å². The molecule has 1 aromatic rings. The maximum Gasteiger partial charge on any atom is 0.255 e. The molecule has 4 N–H and O–H groups in total. The van der Waals surface area contributed by atoms with Crippen LogP contribution >= 0.6 is 0 Å². The monoisotopic (exact) mass is 444 g/mol. The first-order valence-electron chi connectivity index (χ1n) is 11.6. The molecule has 0 atom stereocenters. The molecule has 6 heteroatoms. The van der Waals surface area contributed by atoms with E-state index in [1.165, 1.54) is 12.5 Å². The van der Waals surface area contributed by atoms with Gasteiger partial charge in [0.15, 0.2) is 0 Å². The van der Waals surface area contributed by atoms with Crippen molar-refractivity contribution >= 4 is 11.8 Å². The summed E-state index contributed by atoms with van der Waals surface area (Å²) in [5.74, 6) is -0.718. The van der Waals surface area contributed by atoms with Crippen molar-refractivity contribution in [3.8, 4) is 11.5 Å². The van der Waals surface area contributed by atoms with Crippen LogP contribution in [0.1, 0.15) is 88.2 Å². The Morgan fingerprint density at radius 3 is 2.31 bits per heavy atom. The molecule has 0 aliphatic rings. The highest BCUT2D eigenvalue weighted by Crippen LogP contribution is 2.35. The third kappa shape index (κ3) is 9.58. The zero-order valence-corrected chi connectivity index (χ0v) is 20.3. The van der Waals surface area contributed by atoms with E-state index in [9.17, 15) is 19.8 Å². The third-order valence-electron chi connectivity index (χ3n) is 5.27. The van der Waals surface area contributed by atoms with Crippen LogP contribution in [0.3, 0.4) is 0 Å². The average Bonchev–Trinajstić information content (AvgIpc) is 2.70. The Kier molecular flexibility index (Phi) is 12.2. The second-order valence-corrected chi connectivity index (χ2v) is 8.53. The summed E-state index contributed by atoms with van der Waals surface area (Å²) in [6, 6.07) is 1.61. The Morgan fingerprint density at radius 2 is 1.69 bits per heavy atom. The number of phenolic OH excluding ortho intramolecular Hbond substituents is 2. The predicted molar refractivity (Wildman–Crippen MR) is 130 cm³/mol. The molecule has 0 aromatic heterocycles. The number of phenols is 2. The van der Waals surface area contributed by atoms with Crippen molar-refractivity contribution in [1.82, 2.24) is 10.6 Å². The summed E-state index contributed by atoms with van der Waals surface area (Å²) < 4.78 is 0. The number of benzene rings is 1. The van der Waals surface area contributed by atoms with E-state index in [2.05, 4.69) is 37.5 Å². The first-order chi connectivity index (χ1) is 15.2. The first-order valence-corrected chi connectivity index (χ1v) is 11.6. The van der Waals surface area contributed by atoms with Crippen molar-refractivity contribution in [3.05, 3.63) is 46.1 Å². The lowest BCUT2D eigenvalue weighted by atomic mass is 9.94. The Balaban J connectivity index is 3.10. The summed E-state index contributed by atoms with van der Waals surface area (Å²) in [6.07, 6.45) is 9.86. The van der Waals surface area contributed by atoms with E-state index in [4.69, 9.17) is 0 Å². The van der Waals surface area contributed by atoms with Crippen LogP contribution < -0.4 is 10.6 Å². The molecule has 2 amide bonds. The maximum atomic E-state index is 12.9. The highest BCUT2D eigenvalue weighted by Gasteiger charge is 2.22. The largest absolute Gasteiger partial charge is 0.508 e. The minimum atomic E-state index is -0.398. The van der Waals surface area contributed by atoms with Gasteiger partial charge in [-0.1, -0.05) is 43.1 Å². The molecule has 0 heterocycles. The molecule has 178 valence electrons. The summed E-state index contributed by atoms with van der Waals surface area (Å²) in [7, 11) is 0. The van der Waals surface area contributed by atoms with Crippen LogP contribution in [0.15, 0.2) is 29.4 Å². The number of nitrogens with one attached hydrogen (secondary N) is 2. The molecular formula is C26H40N2O4. The van der Waals surface area contributed by atoms with Crippen LogP contribution in [0.25, 0.3) is 0 Å². The Labute approximate surface area is 192 Å². The van der Waals surface area contributed by atoms with E-state index < -0.39 is 5.91 Å². The number of aryl methyl sites for hydroxylation is 1. The fraction of sp³-hybridized carbons (Fsp3) is 0.538. The van der Waals surface area contributed by atoms with Crippen molar-refractivity contribution in [2.24, 2.45) is 0 Å². The van der Waals surface area contributed by atoms with Gasteiger partial charge in [0.25, 0.3) is 5.91 Å². The summed E-state index contributed by atoms with van der Waals surface area (Å²) in [5, 5.41) is 26.9. The van der Waals surface area contributed by atoms with Gasteiger partial charge in [0, 0.05) is 25.6 Å². The van der Waals surface area contributed by atoms with Gasteiger partial charge in [-0.25, -0.2) is 0 Å². The number of hydrogen-bond acceptors (Lipinski definition) is 4. The van der Waals surface area contributed by atoms with E-state index >= 15 is 0 Å². The predicted octanol–water partition coefficient (Wildman–Crippen LogP) is 4.93. The molecule has 0 radical (unpaired) electrons.